The van der Waals surface area contributed by atoms with Crippen molar-refractivity contribution in [3.05, 3.63) is 22.7 Å². The molecular weight excluding hydrogens is 228 g/mol. The van der Waals surface area contributed by atoms with E-state index in [0.717, 1.165) is 10.2 Å². The number of benzene rings is 1. The Morgan fingerprint density at radius 3 is 2.54 bits per heavy atom. The summed E-state index contributed by atoms with van der Waals surface area (Å²) in [6.07, 6.45) is 2.60. The van der Waals surface area contributed by atoms with Gasteiger partial charge >= 0.3 is 0 Å². The Morgan fingerprint density at radius 1 is 1.23 bits per heavy atom. The Bertz CT molecular complexity index is 306. The zero-order chi connectivity index (χ0) is 9.26. The quantitative estimate of drug-likeness (QED) is 0.766. The van der Waals surface area contributed by atoms with Crippen LogP contribution >= 0.6 is 15.9 Å². The molecule has 1 aromatic carbocycles. The minimum Gasteiger partial charge on any atom is -0.398 e. The first kappa shape index (κ1) is 8.88. The van der Waals surface area contributed by atoms with Gasteiger partial charge < -0.3 is 10.6 Å². The van der Waals surface area contributed by atoms with Gasteiger partial charge in [-0.2, -0.15) is 0 Å². The molecule has 2 nitrogen and oxygen atoms in total. The second-order valence-corrected chi connectivity index (χ2v) is 4.25. The Balaban J connectivity index is 2.25. The van der Waals surface area contributed by atoms with Crippen LogP contribution in [0.15, 0.2) is 22.7 Å². The zero-order valence-corrected chi connectivity index (χ0v) is 9.05. The van der Waals surface area contributed by atoms with E-state index in [4.69, 9.17) is 5.73 Å². The number of halogens is 1. The highest BCUT2D eigenvalue weighted by atomic mass is 79.9. The van der Waals surface area contributed by atoms with Crippen molar-refractivity contribution >= 4 is 27.3 Å². The summed E-state index contributed by atoms with van der Waals surface area (Å²) in [6, 6.07) is 6.17. The predicted molar refractivity (Wildman–Crippen MR) is 60.0 cm³/mol. The maximum atomic E-state index is 5.81. The Morgan fingerprint density at radius 2 is 1.92 bits per heavy atom. The van der Waals surface area contributed by atoms with Crippen molar-refractivity contribution in [3.8, 4) is 0 Å². The normalized spacial score (nSPS) is 16.5. The minimum atomic E-state index is 0.824. The predicted octanol–water partition coefficient (Wildman–Crippen LogP) is 2.63. The summed E-state index contributed by atoms with van der Waals surface area (Å²) in [6.45, 7) is 2.34. The molecule has 0 spiro atoms. The largest absolute Gasteiger partial charge is 0.398 e. The second kappa shape index (κ2) is 3.58. The first-order valence-electron chi connectivity index (χ1n) is 4.57. The molecule has 70 valence electrons. The number of rotatable bonds is 1. The Labute approximate surface area is 86.9 Å². The minimum absolute atomic E-state index is 0.824. The monoisotopic (exact) mass is 240 g/mol. The van der Waals surface area contributed by atoms with Crippen LogP contribution in [0.25, 0.3) is 0 Å². The number of hydrogen-bond acceptors (Lipinski definition) is 2. The molecule has 0 atom stereocenters. The SMILES string of the molecule is Nc1cc(N2CCCC2)ccc1Br. The van der Waals surface area contributed by atoms with Crippen LogP contribution in [0.3, 0.4) is 0 Å². The molecule has 0 amide bonds. The van der Waals surface area contributed by atoms with E-state index in [1.54, 1.807) is 0 Å². The fraction of sp³-hybridized carbons (Fsp3) is 0.400. The number of nitrogens with zero attached hydrogens (tertiary/aromatic N) is 1. The first-order chi connectivity index (χ1) is 6.27. The van der Waals surface area contributed by atoms with Gasteiger partial charge in [-0.25, -0.2) is 0 Å². The highest BCUT2D eigenvalue weighted by Crippen LogP contribution is 2.27. The molecule has 3 heteroatoms. The molecule has 0 unspecified atom stereocenters. The van der Waals surface area contributed by atoms with Crippen LogP contribution < -0.4 is 10.6 Å². The van der Waals surface area contributed by atoms with E-state index in [9.17, 15) is 0 Å². The third kappa shape index (κ3) is 1.80. The van der Waals surface area contributed by atoms with E-state index < -0.39 is 0 Å². The van der Waals surface area contributed by atoms with Crippen LogP contribution in [0.5, 0.6) is 0 Å². The van der Waals surface area contributed by atoms with Crippen molar-refractivity contribution in [2.45, 2.75) is 12.8 Å². The molecule has 2 rings (SSSR count). The summed E-state index contributed by atoms with van der Waals surface area (Å²) in [5.74, 6) is 0. The highest BCUT2D eigenvalue weighted by Gasteiger charge is 2.12. The van der Waals surface area contributed by atoms with Gasteiger partial charge in [0.05, 0.1) is 0 Å². The number of nitrogens with two attached hydrogens (primary N) is 1. The molecular formula is C10H13BrN2. The lowest BCUT2D eigenvalue weighted by Gasteiger charge is -2.18. The molecule has 0 radical (unpaired) electrons. The maximum absolute atomic E-state index is 5.81. The molecule has 0 aromatic heterocycles. The van der Waals surface area contributed by atoms with Crippen LogP contribution in [0, 0.1) is 0 Å². The van der Waals surface area contributed by atoms with Gasteiger partial charge in [0, 0.05) is 28.9 Å². The third-order valence-corrected chi connectivity index (χ3v) is 3.17. The second-order valence-electron chi connectivity index (χ2n) is 3.40. The van der Waals surface area contributed by atoms with Crippen LogP contribution in [0.1, 0.15) is 12.8 Å². The Kier molecular flexibility index (Phi) is 2.44. The van der Waals surface area contributed by atoms with Gasteiger partial charge in [0.2, 0.25) is 0 Å². The van der Waals surface area contributed by atoms with Crippen molar-refractivity contribution in [3.63, 3.8) is 0 Å². The van der Waals surface area contributed by atoms with Gasteiger partial charge in [-0.1, -0.05) is 0 Å². The van der Waals surface area contributed by atoms with Crippen LogP contribution in [-0.4, -0.2) is 13.1 Å². The van der Waals surface area contributed by atoms with E-state index in [2.05, 4.69) is 26.9 Å². The molecule has 0 saturated carbocycles. The lowest BCUT2D eigenvalue weighted by atomic mass is 10.2. The number of hydrogen-bond donors (Lipinski definition) is 1. The molecule has 1 saturated heterocycles. The van der Waals surface area contributed by atoms with Crippen molar-refractivity contribution in [2.24, 2.45) is 0 Å². The average Bonchev–Trinajstić information content (AvgIpc) is 2.62. The average molecular weight is 241 g/mol. The fourth-order valence-electron chi connectivity index (χ4n) is 1.70. The lowest BCUT2D eigenvalue weighted by Crippen LogP contribution is -2.17. The topological polar surface area (TPSA) is 29.3 Å². The van der Waals surface area contributed by atoms with E-state index in [1.807, 2.05) is 12.1 Å². The molecule has 2 N–H and O–H groups in total. The van der Waals surface area contributed by atoms with E-state index >= 15 is 0 Å². The smallest absolute Gasteiger partial charge is 0.0479 e. The van der Waals surface area contributed by atoms with Crippen LogP contribution in [0.2, 0.25) is 0 Å². The van der Waals surface area contributed by atoms with E-state index in [1.165, 1.54) is 31.6 Å². The summed E-state index contributed by atoms with van der Waals surface area (Å²) in [4.78, 5) is 2.38. The third-order valence-electron chi connectivity index (χ3n) is 2.45. The molecule has 1 heterocycles. The van der Waals surface area contributed by atoms with Gasteiger partial charge in [-0.3, -0.25) is 0 Å². The number of anilines is 2. The summed E-state index contributed by atoms with van der Waals surface area (Å²) in [5, 5.41) is 0. The molecule has 1 aliphatic heterocycles. The molecule has 0 bridgehead atoms. The van der Waals surface area contributed by atoms with Crippen molar-refractivity contribution in [2.75, 3.05) is 23.7 Å². The van der Waals surface area contributed by atoms with E-state index in [-0.39, 0.29) is 0 Å². The summed E-state index contributed by atoms with van der Waals surface area (Å²) in [5.41, 5.74) is 7.89. The number of nitrogen functional groups attached to an aromatic ring is 1. The Hall–Kier alpha value is -0.700. The van der Waals surface area contributed by atoms with Gasteiger partial charge in [-0.05, 0) is 47.0 Å². The van der Waals surface area contributed by atoms with Crippen LogP contribution in [-0.2, 0) is 0 Å². The lowest BCUT2D eigenvalue weighted by molar-refractivity contribution is 0.949. The zero-order valence-electron chi connectivity index (χ0n) is 7.46. The standard InChI is InChI=1S/C10H13BrN2/c11-9-4-3-8(7-10(9)12)13-5-1-2-6-13/h3-4,7H,1-2,5-6,12H2. The van der Waals surface area contributed by atoms with Crippen molar-refractivity contribution < 1.29 is 0 Å². The molecule has 1 aliphatic rings. The molecule has 0 aliphatic carbocycles. The van der Waals surface area contributed by atoms with E-state index in [0.29, 0.717) is 0 Å². The summed E-state index contributed by atoms with van der Waals surface area (Å²) >= 11 is 3.39. The first-order valence-corrected chi connectivity index (χ1v) is 5.36. The fourth-order valence-corrected chi connectivity index (χ4v) is 1.95. The molecule has 1 fully saturated rings. The van der Waals surface area contributed by atoms with Crippen molar-refractivity contribution in [1.29, 1.82) is 0 Å². The summed E-state index contributed by atoms with van der Waals surface area (Å²) < 4.78 is 0.982. The van der Waals surface area contributed by atoms with Gasteiger partial charge in [0.25, 0.3) is 0 Å². The van der Waals surface area contributed by atoms with Gasteiger partial charge in [-0.15, -0.1) is 0 Å². The van der Waals surface area contributed by atoms with Crippen molar-refractivity contribution in [1.82, 2.24) is 0 Å². The van der Waals surface area contributed by atoms with Crippen LogP contribution in [0.4, 0.5) is 11.4 Å². The highest BCUT2D eigenvalue weighted by molar-refractivity contribution is 9.10. The molecule has 13 heavy (non-hydrogen) atoms. The maximum Gasteiger partial charge on any atom is 0.0479 e. The van der Waals surface area contributed by atoms with Gasteiger partial charge in [0.1, 0.15) is 0 Å². The molecule has 1 aromatic rings. The summed E-state index contributed by atoms with van der Waals surface area (Å²) in [7, 11) is 0. The van der Waals surface area contributed by atoms with Gasteiger partial charge in [0.15, 0.2) is 0 Å².